The highest BCUT2D eigenvalue weighted by Gasteiger charge is 2.25. The number of amides is 2. The van der Waals surface area contributed by atoms with Crippen molar-refractivity contribution in [2.75, 3.05) is 6.79 Å². The normalized spacial score (nSPS) is 13.6. The number of hydrazone groups is 1. The summed E-state index contributed by atoms with van der Waals surface area (Å²) in [7, 11) is 0. The molecule has 0 spiro atoms. The number of hydrogen-bond donors (Lipinski definition) is 2. The highest BCUT2D eigenvalue weighted by atomic mass is 35.5. The van der Waals surface area contributed by atoms with Crippen molar-refractivity contribution in [3.05, 3.63) is 58.6 Å². The number of rotatable bonds is 6. The number of nitrogens with one attached hydrogen (secondary N) is 2. The zero-order valence-electron chi connectivity index (χ0n) is 15.4. The predicted octanol–water partition coefficient (Wildman–Crippen LogP) is 2.97. The molecule has 1 atom stereocenters. The molecule has 2 N–H and O–H groups in total. The van der Waals surface area contributed by atoms with Gasteiger partial charge in [-0.05, 0) is 41.8 Å². The van der Waals surface area contributed by atoms with Crippen LogP contribution in [0, 0.1) is 5.92 Å². The second kappa shape index (κ2) is 8.75. The van der Waals surface area contributed by atoms with E-state index in [1.165, 1.54) is 6.21 Å². The molecule has 1 heterocycles. The lowest BCUT2D eigenvalue weighted by molar-refractivity contribution is -0.123. The summed E-state index contributed by atoms with van der Waals surface area (Å²) in [5.41, 5.74) is 3.52. The molecule has 8 heteroatoms. The van der Waals surface area contributed by atoms with Gasteiger partial charge >= 0.3 is 0 Å². The first-order valence-electron chi connectivity index (χ1n) is 8.73. The van der Waals surface area contributed by atoms with Crippen molar-refractivity contribution in [2.24, 2.45) is 11.0 Å². The molecule has 7 nitrogen and oxygen atoms in total. The van der Waals surface area contributed by atoms with Crippen LogP contribution in [-0.2, 0) is 4.79 Å². The number of hydrogen-bond acceptors (Lipinski definition) is 5. The molecule has 2 aromatic rings. The van der Waals surface area contributed by atoms with Gasteiger partial charge in [0.2, 0.25) is 6.79 Å². The lowest BCUT2D eigenvalue weighted by Gasteiger charge is -2.20. The summed E-state index contributed by atoms with van der Waals surface area (Å²) in [6.45, 7) is 3.85. The van der Waals surface area contributed by atoms with Crippen LogP contribution in [0.5, 0.6) is 11.5 Å². The average molecular weight is 402 g/mol. The van der Waals surface area contributed by atoms with Crippen LogP contribution in [-0.4, -0.2) is 30.9 Å². The standard InChI is InChI=1S/C20H20ClN3O4/c1-12(2)18(23-19(25)14-5-3-4-6-15(14)21)20(26)24-22-10-13-7-8-16-17(9-13)28-11-27-16/h3-10,12,18H,11H2,1-2H3,(H,23,25)(H,24,26). The SMILES string of the molecule is CC(C)C(NC(=O)c1ccccc1Cl)C(=O)NN=Cc1ccc2c(c1)OCO2. The highest BCUT2D eigenvalue weighted by molar-refractivity contribution is 6.33. The van der Waals surface area contributed by atoms with E-state index in [4.69, 9.17) is 21.1 Å². The molecule has 3 rings (SSSR count). The predicted molar refractivity (Wildman–Crippen MR) is 106 cm³/mol. The van der Waals surface area contributed by atoms with Crippen molar-refractivity contribution in [3.63, 3.8) is 0 Å². The first-order valence-corrected chi connectivity index (χ1v) is 9.11. The Bertz CT molecular complexity index is 914. The Balaban J connectivity index is 1.63. The van der Waals surface area contributed by atoms with Gasteiger partial charge in [-0.1, -0.05) is 37.6 Å². The Morgan fingerprint density at radius 1 is 1.14 bits per heavy atom. The number of nitrogens with zero attached hydrogens (tertiary/aromatic N) is 1. The number of halogens is 1. The Morgan fingerprint density at radius 2 is 1.89 bits per heavy atom. The molecule has 1 aliphatic heterocycles. The minimum Gasteiger partial charge on any atom is -0.454 e. The van der Waals surface area contributed by atoms with Crippen molar-refractivity contribution < 1.29 is 19.1 Å². The van der Waals surface area contributed by atoms with Crippen molar-refractivity contribution in [1.82, 2.24) is 10.7 Å². The van der Waals surface area contributed by atoms with E-state index in [2.05, 4.69) is 15.8 Å². The van der Waals surface area contributed by atoms with E-state index in [0.717, 1.165) is 5.56 Å². The van der Waals surface area contributed by atoms with E-state index in [9.17, 15) is 9.59 Å². The van der Waals surface area contributed by atoms with Gasteiger partial charge in [0.1, 0.15) is 6.04 Å². The molecule has 0 bridgehead atoms. The van der Waals surface area contributed by atoms with Crippen LogP contribution in [0.1, 0.15) is 29.8 Å². The van der Waals surface area contributed by atoms with Gasteiger partial charge in [0.25, 0.3) is 11.8 Å². The third-order valence-electron chi connectivity index (χ3n) is 4.14. The molecule has 0 saturated heterocycles. The quantitative estimate of drug-likeness (QED) is 0.575. The lowest BCUT2D eigenvalue weighted by atomic mass is 10.0. The Labute approximate surface area is 167 Å². The van der Waals surface area contributed by atoms with Gasteiger partial charge in [-0.15, -0.1) is 0 Å². The van der Waals surface area contributed by atoms with Gasteiger partial charge < -0.3 is 14.8 Å². The number of ether oxygens (including phenoxy) is 2. The number of carbonyl (C=O) groups is 2. The number of benzene rings is 2. The highest BCUT2D eigenvalue weighted by Crippen LogP contribution is 2.31. The molecule has 2 amide bonds. The maximum absolute atomic E-state index is 12.5. The summed E-state index contributed by atoms with van der Waals surface area (Å²) >= 11 is 6.05. The summed E-state index contributed by atoms with van der Waals surface area (Å²) in [5, 5.41) is 7.00. The fraction of sp³-hybridized carbons (Fsp3) is 0.250. The zero-order chi connectivity index (χ0) is 20.1. The molecule has 28 heavy (non-hydrogen) atoms. The van der Waals surface area contributed by atoms with E-state index >= 15 is 0 Å². The van der Waals surface area contributed by atoms with Gasteiger partial charge in [0.05, 0.1) is 16.8 Å². The fourth-order valence-electron chi connectivity index (χ4n) is 2.63. The number of fused-ring (bicyclic) bond motifs is 1. The van der Waals surface area contributed by atoms with Crippen LogP contribution in [0.25, 0.3) is 0 Å². The molecule has 0 fully saturated rings. The van der Waals surface area contributed by atoms with Crippen molar-refractivity contribution >= 4 is 29.6 Å². The first kappa shape index (κ1) is 19.7. The summed E-state index contributed by atoms with van der Waals surface area (Å²) in [5.74, 6) is 0.310. The maximum atomic E-state index is 12.5. The summed E-state index contributed by atoms with van der Waals surface area (Å²) in [6, 6.07) is 11.2. The van der Waals surface area contributed by atoms with E-state index in [1.54, 1.807) is 42.5 Å². The van der Waals surface area contributed by atoms with E-state index in [1.807, 2.05) is 13.8 Å². The minimum atomic E-state index is -0.766. The fourth-order valence-corrected chi connectivity index (χ4v) is 2.85. The third-order valence-corrected chi connectivity index (χ3v) is 4.47. The molecule has 2 aromatic carbocycles. The van der Waals surface area contributed by atoms with Crippen molar-refractivity contribution in [3.8, 4) is 11.5 Å². The Morgan fingerprint density at radius 3 is 2.64 bits per heavy atom. The van der Waals surface area contributed by atoms with Crippen LogP contribution in [0.4, 0.5) is 0 Å². The molecule has 0 saturated carbocycles. The van der Waals surface area contributed by atoms with Crippen LogP contribution >= 0.6 is 11.6 Å². The monoisotopic (exact) mass is 401 g/mol. The molecular formula is C20H20ClN3O4. The summed E-state index contributed by atoms with van der Waals surface area (Å²) < 4.78 is 10.6. The third kappa shape index (κ3) is 4.61. The molecule has 0 aliphatic carbocycles. The smallest absolute Gasteiger partial charge is 0.262 e. The van der Waals surface area contributed by atoms with E-state index in [0.29, 0.717) is 22.1 Å². The second-order valence-corrected chi connectivity index (χ2v) is 6.93. The average Bonchev–Trinajstić information content (AvgIpc) is 3.13. The molecule has 0 aromatic heterocycles. The Hall–Kier alpha value is -3.06. The van der Waals surface area contributed by atoms with E-state index in [-0.39, 0.29) is 12.7 Å². The summed E-state index contributed by atoms with van der Waals surface area (Å²) in [4.78, 5) is 24.9. The molecule has 1 unspecified atom stereocenters. The maximum Gasteiger partial charge on any atom is 0.262 e. The van der Waals surface area contributed by atoms with Crippen LogP contribution < -0.4 is 20.2 Å². The summed E-state index contributed by atoms with van der Waals surface area (Å²) in [6.07, 6.45) is 1.49. The van der Waals surface area contributed by atoms with Gasteiger partial charge in [0.15, 0.2) is 11.5 Å². The number of carbonyl (C=O) groups excluding carboxylic acids is 2. The van der Waals surface area contributed by atoms with Crippen molar-refractivity contribution in [2.45, 2.75) is 19.9 Å². The van der Waals surface area contributed by atoms with E-state index < -0.39 is 17.9 Å². The topological polar surface area (TPSA) is 89.0 Å². The van der Waals surface area contributed by atoms with Crippen LogP contribution in [0.3, 0.4) is 0 Å². The van der Waals surface area contributed by atoms with Crippen LogP contribution in [0.15, 0.2) is 47.6 Å². The minimum absolute atomic E-state index is 0.146. The largest absolute Gasteiger partial charge is 0.454 e. The molecule has 146 valence electrons. The van der Waals surface area contributed by atoms with Gasteiger partial charge in [0, 0.05) is 0 Å². The van der Waals surface area contributed by atoms with Gasteiger partial charge in [-0.3, -0.25) is 9.59 Å². The molecule has 1 aliphatic rings. The van der Waals surface area contributed by atoms with Gasteiger partial charge in [-0.25, -0.2) is 5.43 Å². The Kier molecular flexibility index (Phi) is 6.16. The molecular weight excluding hydrogens is 382 g/mol. The lowest BCUT2D eigenvalue weighted by Crippen LogP contribution is -2.48. The van der Waals surface area contributed by atoms with Crippen molar-refractivity contribution in [1.29, 1.82) is 0 Å². The second-order valence-electron chi connectivity index (χ2n) is 6.52. The van der Waals surface area contributed by atoms with Gasteiger partial charge in [-0.2, -0.15) is 5.10 Å². The van der Waals surface area contributed by atoms with Crippen LogP contribution in [0.2, 0.25) is 5.02 Å². The molecule has 0 radical (unpaired) electrons. The first-order chi connectivity index (χ1) is 13.5. The zero-order valence-corrected chi connectivity index (χ0v) is 16.2.